The fourth-order valence-corrected chi connectivity index (χ4v) is 1.95. The Balaban J connectivity index is 2.96. The monoisotopic (exact) mass is 240 g/mol. The van der Waals surface area contributed by atoms with E-state index < -0.39 is 0 Å². The first kappa shape index (κ1) is 16.3. The predicted molar refractivity (Wildman–Crippen MR) is 77.8 cm³/mol. The van der Waals surface area contributed by atoms with Crippen LogP contribution in [0, 0.1) is 0 Å². The summed E-state index contributed by atoms with van der Waals surface area (Å²) in [4.78, 5) is 0. The highest BCUT2D eigenvalue weighted by Crippen LogP contribution is 2.10. The molecular formula is C15H32N2. The average Bonchev–Trinajstić information content (AvgIpc) is 2.30. The van der Waals surface area contributed by atoms with Gasteiger partial charge >= 0.3 is 0 Å². The van der Waals surface area contributed by atoms with E-state index in [2.05, 4.69) is 12.2 Å². The number of hydrogen-bond donors (Lipinski definition) is 2. The van der Waals surface area contributed by atoms with E-state index in [1.165, 1.54) is 64.2 Å². The van der Waals surface area contributed by atoms with E-state index in [0.29, 0.717) is 0 Å². The summed E-state index contributed by atoms with van der Waals surface area (Å²) in [5.74, 6) is 0. The Labute approximate surface area is 108 Å². The number of allylic oxidation sites excluding steroid dienone is 1. The summed E-state index contributed by atoms with van der Waals surface area (Å²) in [6.45, 7) is 5.24. The van der Waals surface area contributed by atoms with Crippen LogP contribution in [-0.4, -0.2) is 6.54 Å². The van der Waals surface area contributed by atoms with Gasteiger partial charge in [-0.3, -0.25) is 0 Å². The summed E-state index contributed by atoms with van der Waals surface area (Å²) in [5.41, 5.74) is 6.38. The molecule has 17 heavy (non-hydrogen) atoms. The number of unbranched alkanes of at least 4 members (excludes halogenated alkanes) is 9. The molecule has 3 N–H and O–H groups in total. The lowest BCUT2D eigenvalue weighted by Crippen LogP contribution is -2.09. The zero-order valence-electron chi connectivity index (χ0n) is 11.9. The SMILES string of the molecule is CCCCCCCCCCCCNC=C(C)N. The molecule has 0 fully saturated rings. The van der Waals surface area contributed by atoms with Gasteiger partial charge < -0.3 is 11.1 Å². The molecule has 0 aromatic rings. The molecular weight excluding hydrogens is 208 g/mol. The Morgan fingerprint density at radius 3 is 1.82 bits per heavy atom. The Morgan fingerprint density at radius 1 is 0.882 bits per heavy atom. The standard InChI is InChI=1S/C15H32N2/c1-3-4-5-6-7-8-9-10-11-12-13-17-14-15(2)16/h14,17H,3-13,16H2,1-2H3. The van der Waals surface area contributed by atoms with Crippen molar-refractivity contribution >= 4 is 0 Å². The molecule has 0 heterocycles. The van der Waals surface area contributed by atoms with Gasteiger partial charge in [0.25, 0.3) is 0 Å². The van der Waals surface area contributed by atoms with Crippen LogP contribution in [0.4, 0.5) is 0 Å². The molecule has 0 amide bonds. The van der Waals surface area contributed by atoms with Crippen LogP contribution < -0.4 is 11.1 Å². The lowest BCUT2D eigenvalue weighted by molar-refractivity contribution is 0.553. The summed E-state index contributed by atoms with van der Waals surface area (Å²) in [7, 11) is 0. The van der Waals surface area contributed by atoms with Crippen molar-refractivity contribution in [2.24, 2.45) is 5.73 Å². The maximum atomic E-state index is 5.52. The van der Waals surface area contributed by atoms with Gasteiger partial charge in [0.15, 0.2) is 0 Å². The molecule has 0 aliphatic rings. The van der Waals surface area contributed by atoms with Crippen LogP contribution >= 0.6 is 0 Å². The molecule has 2 heteroatoms. The maximum absolute atomic E-state index is 5.52. The minimum atomic E-state index is 0.858. The third-order valence-corrected chi connectivity index (χ3v) is 3.00. The van der Waals surface area contributed by atoms with Gasteiger partial charge in [-0.1, -0.05) is 64.7 Å². The minimum absolute atomic E-state index is 0.858. The third-order valence-electron chi connectivity index (χ3n) is 3.00. The Bertz CT molecular complexity index is 172. The minimum Gasteiger partial charge on any atom is -0.401 e. The van der Waals surface area contributed by atoms with E-state index in [1.807, 2.05) is 13.1 Å². The normalized spacial score (nSPS) is 11.8. The van der Waals surface area contributed by atoms with Crippen LogP contribution in [0.1, 0.15) is 78.1 Å². The van der Waals surface area contributed by atoms with Crippen molar-refractivity contribution in [2.75, 3.05) is 6.54 Å². The second-order valence-electron chi connectivity index (χ2n) is 5.02. The first-order valence-corrected chi connectivity index (χ1v) is 7.43. The van der Waals surface area contributed by atoms with Crippen molar-refractivity contribution in [1.29, 1.82) is 0 Å². The van der Waals surface area contributed by atoms with Crippen molar-refractivity contribution in [3.8, 4) is 0 Å². The molecule has 0 bridgehead atoms. The van der Waals surface area contributed by atoms with E-state index >= 15 is 0 Å². The Kier molecular flexibility index (Phi) is 12.9. The molecule has 2 nitrogen and oxygen atoms in total. The van der Waals surface area contributed by atoms with Crippen LogP contribution in [0.15, 0.2) is 11.9 Å². The second-order valence-corrected chi connectivity index (χ2v) is 5.02. The summed E-state index contributed by atoms with van der Waals surface area (Å²) >= 11 is 0. The van der Waals surface area contributed by atoms with E-state index in [-0.39, 0.29) is 0 Å². The summed E-state index contributed by atoms with van der Waals surface area (Å²) in [6.07, 6.45) is 15.8. The first-order valence-electron chi connectivity index (χ1n) is 7.43. The molecule has 0 saturated heterocycles. The maximum Gasteiger partial charge on any atom is 0.0208 e. The number of nitrogens with two attached hydrogens (primary N) is 1. The average molecular weight is 240 g/mol. The summed E-state index contributed by atoms with van der Waals surface area (Å²) in [6, 6.07) is 0. The van der Waals surface area contributed by atoms with Crippen molar-refractivity contribution in [3.05, 3.63) is 11.9 Å². The van der Waals surface area contributed by atoms with E-state index in [4.69, 9.17) is 5.73 Å². The number of hydrogen-bond acceptors (Lipinski definition) is 2. The molecule has 0 saturated carbocycles. The van der Waals surface area contributed by atoms with Gasteiger partial charge in [-0.15, -0.1) is 0 Å². The van der Waals surface area contributed by atoms with E-state index in [0.717, 1.165) is 12.2 Å². The van der Waals surface area contributed by atoms with Gasteiger partial charge in [0, 0.05) is 18.4 Å². The topological polar surface area (TPSA) is 38.0 Å². The van der Waals surface area contributed by atoms with Crippen molar-refractivity contribution in [2.45, 2.75) is 78.1 Å². The van der Waals surface area contributed by atoms with Crippen molar-refractivity contribution in [3.63, 3.8) is 0 Å². The number of nitrogens with one attached hydrogen (secondary N) is 1. The molecule has 0 aliphatic carbocycles. The molecule has 0 spiro atoms. The predicted octanol–water partition coefficient (Wildman–Crippen LogP) is 4.32. The molecule has 0 aliphatic heterocycles. The van der Waals surface area contributed by atoms with E-state index in [9.17, 15) is 0 Å². The fourth-order valence-electron chi connectivity index (χ4n) is 1.95. The summed E-state index contributed by atoms with van der Waals surface area (Å²) in [5, 5.41) is 3.22. The fraction of sp³-hybridized carbons (Fsp3) is 0.867. The van der Waals surface area contributed by atoms with Gasteiger partial charge in [-0.25, -0.2) is 0 Å². The second kappa shape index (κ2) is 13.4. The highest BCUT2D eigenvalue weighted by Gasteiger charge is 1.92. The van der Waals surface area contributed by atoms with Crippen molar-refractivity contribution < 1.29 is 0 Å². The molecule has 0 atom stereocenters. The van der Waals surface area contributed by atoms with Crippen LogP contribution in [-0.2, 0) is 0 Å². The molecule has 0 unspecified atom stereocenters. The van der Waals surface area contributed by atoms with E-state index in [1.54, 1.807) is 0 Å². The van der Waals surface area contributed by atoms with Crippen LogP contribution in [0.25, 0.3) is 0 Å². The largest absolute Gasteiger partial charge is 0.401 e. The smallest absolute Gasteiger partial charge is 0.0208 e. The van der Waals surface area contributed by atoms with Gasteiger partial charge in [0.1, 0.15) is 0 Å². The highest BCUT2D eigenvalue weighted by molar-refractivity contribution is 4.88. The van der Waals surface area contributed by atoms with Gasteiger partial charge in [-0.2, -0.15) is 0 Å². The van der Waals surface area contributed by atoms with Gasteiger partial charge in [0.05, 0.1) is 0 Å². The lowest BCUT2D eigenvalue weighted by Gasteiger charge is -2.03. The molecule has 0 rings (SSSR count). The molecule has 102 valence electrons. The molecule has 0 aromatic heterocycles. The zero-order chi connectivity index (χ0) is 12.8. The van der Waals surface area contributed by atoms with Gasteiger partial charge in [-0.05, 0) is 13.3 Å². The zero-order valence-corrected chi connectivity index (χ0v) is 11.9. The lowest BCUT2D eigenvalue weighted by atomic mass is 10.1. The third kappa shape index (κ3) is 15.3. The van der Waals surface area contributed by atoms with Crippen LogP contribution in [0.2, 0.25) is 0 Å². The highest BCUT2D eigenvalue weighted by atomic mass is 14.8. The molecule has 0 aromatic carbocycles. The first-order chi connectivity index (χ1) is 8.27. The van der Waals surface area contributed by atoms with Crippen LogP contribution in [0.5, 0.6) is 0 Å². The van der Waals surface area contributed by atoms with Crippen molar-refractivity contribution in [1.82, 2.24) is 5.32 Å². The van der Waals surface area contributed by atoms with Crippen LogP contribution in [0.3, 0.4) is 0 Å². The molecule has 0 radical (unpaired) electrons. The van der Waals surface area contributed by atoms with Gasteiger partial charge in [0.2, 0.25) is 0 Å². The summed E-state index contributed by atoms with van der Waals surface area (Å²) < 4.78 is 0. The Morgan fingerprint density at radius 2 is 1.35 bits per heavy atom. The Hall–Kier alpha value is -0.660. The number of rotatable bonds is 12. The quantitative estimate of drug-likeness (QED) is 0.499.